The molecule has 2 aliphatic rings. The molecular weight excluding hydrogens is 344 g/mol. The lowest BCUT2D eigenvalue weighted by Crippen LogP contribution is -2.45. The number of ether oxygens (including phenoxy) is 1. The van der Waals surface area contributed by atoms with Crippen molar-refractivity contribution in [3.63, 3.8) is 0 Å². The number of rotatable bonds is 7. The molecule has 1 aromatic carbocycles. The van der Waals surface area contributed by atoms with E-state index < -0.39 is 12.2 Å². The first-order chi connectivity index (χ1) is 12.4. The first-order valence-corrected chi connectivity index (χ1v) is 8.78. The number of likely N-dealkylation sites (tertiary alicyclic amines) is 1. The number of urea groups is 1. The number of aryl methyl sites for hydroxylation is 1. The van der Waals surface area contributed by atoms with Crippen LogP contribution >= 0.6 is 0 Å². The predicted octanol–water partition coefficient (Wildman–Crippen LogP) is 2.58. The molecule has 0 radical (unpaired) electrons. The van der Waals surface area contributed by atoms with Crippen molar-refractivity contribution in [2.75, 3.05) is 19.8 Å². The molecular formula is C18H23F2N3O3. The first kappa shape index (κ1) is 18.6. The summed E-state index contributed by atoms with van der Waals surface area (Å²) in [6, 6.07) is 5.95. The quantitative estimate of drug-likeness (QED) is 0.753. The average Bonchev–Trinajstić information content (AvgIpc) is 3.17. The minimum Gasteiger partial charge on any atom is -0.435 e. The SMILES string of the molecule is C[C@]1(CCc2ccc(OC(F)F)cc2)NC(=O)N(CN2CCCC2)C1=O. The molecule has 1 atom stereocenters. The van der Waals surface area contributed by atoms with E-state index in [0.717, 1.165) is 31.5 Å². The van der Waals surface area contributed by atoms with Crippen LogP contribution in [0.5, 0.6) is 5.75 Å². The highest BCUT2D eigenvalue weighted by Gasteiger charge is 2.47. The molecule has 2 aliphatic heterocycles. The summed E-state index contributed by atoms with van der Waals surface area (Å²) in [5.41, 5.74) is -0.0672. The molecule has 1 N–H and O–H groups in total. The molecule has 0 bridgehead atoms. The predicted molar refractivity (Wildman–Crippen MR) is 90.9 cm³/mol. The zero-order valence-electron chi connectivity index (χ0n) is 14.7. The molecule has 0 unspecified atom stereocenters. The number of alkyl halides is 2. The fourth-order valence-electron chi connectivity index (χ4n) is 3.40. The fraction of sp³-hybridized carbons (Fsp3) is 0.556. The zero-order chi connectivity index (χ0) is 18.7. The number of carbonyl (C=O) groups is 2. The zero-order valence-corrected chi connectivity index (χ0v) is 14.7. The molecule has 0 saturated carbocycles. The number of benzene rings is 1. The third kappa shape index (κ3) is 4.12. The maximum atomic E-state index is 12.7. The Morgan fingerprint density at radius 3 is 2.46 bits per heavy atom. The van der Waals surface area contributed by atoms with E-state index in [-0.39, 0.29) is 17.7 Å². The summed E-state index contributed by atoms with van der Waals surface area (Å²) in [4.78, 5) is 28.3. The van der Waals surface area contributed by atoms with Crippen LogP contribution in [0.1, 0.15) is 31.7 Å². The smallest absolute Gasteiger partial charge is 0.387 e. The summed E-state index contributed by atoms with van der Waals surface area (Å²) in [7, 11) is 0. The molecule has 0 aliphatic carbocycles. The monoisotopic (exact) mass is 367 g/mol. The normalized spacial score (nSPS) is 23.8. The summed E-state index contributed by atoms with van der Waals surface area (Å²) < 4.78 is 28.7. The van der Waals surface area contributed by atoms with Crippen LogP contribution in [0.4, 0.5) is 13.6 Å². The Hall–Kier alpha value is -2.22. The van der Waals surface area contributed by atoms with Gasteiger partial charge < -0.3 is 10.1 Å². The van der Waals surface area contributed by atoms with Gasteiger partial charge in [-0.3, -0.25) is 9.69 Å². The standard InChI is InChI=1S/C18H23F2N3O3/c1-18(9-8-13-4-6-14(7-5-13)26-16(19)20)15(24)23(17(25)21-18)12-22-10-2-3-11-22/h4-7,16H,2-3,8-12H2,1H3,(H,21,25)/t18-/m1/s1. The summed E-state index contributed by atoms with van der Waals surface area (Å²) >= 11 is 0. The maximum absolute atomic E-state index is 12.7. The largest absolute Gasteiger partial charge is 0.435 e. The molecule has 3 rings (SSSR count). The van der Waals surface area contributed by atoms with E-state index in [1.165, 1.54) is 17.0 Å². The molecule has 0 spiro atoms. The molecule has 26 heavy (non-hydrogen) atoms. The van der Waals surface area contributed by atoms with Crippen molar-refractivity contribution < 1.29 is 23.1 Å². The molecule has 8 heteroatoms. The number of hydrogen-bond acceptors (Lipinski definition) is 4. The highest BCUT2D eigenvalue weighted by molar-refractivity contribution is 6.06. The molecule has 142 valence electrons. The lowest BCUT2D eigenvalue weighted by atomic mass is 9.93. The van der Waals surface area contributed by atoms with Crippen molar-refractivity contribution in [2.24, 2.45) is 0 Å². The summed E-state index contributed by atoms with van der Waals surface area (Å²) in [6.07, 6.45) is 3.15. The van der Waals surface area contributed by atoms with Gasteiger partial charge in [0.05, 0.1) is 6.67 Å². The fourth-order valence-corrected chi connectivity index (χ4v) is 3.40. The van der Waals surface area contributed by atoms with Crippen molar-refractivity contribution in [1.82, 2.24) is 15.1 Å². The van der Waals surface area contributed by atoms with Gasteiger partial charge in [0.1, 0.15) is 11.3 Å². The lowest BCUT2D eigenvalue weighted by molar-refractivity contribution is -0.132. The Morgan fingerprint density at radius 1 is 1.19 bits per heavy atom. The van der Waals surface area contributed by atoms with E-state index in [0.29, 0.717) is 19.5 Å². The number of carbonyl (C=O) groups excluding carboxylic acids is 2. The summed E-state index contributed by atoms with van der Waals surface area (Å²) in [5.74, 6) is -0.121. The first-order valence-electron chi connectivity index (χ1n) is 8.78. The topological polar surface area (TPSA) is 61.9 Å². The van der Waals surface area contributed by atoms with Crippen LogP contribution in [0.15, 0.2) is 24.3 Å². The van der Waals surface area contributed by atoms with Gasteiger partial charge in [-0.05, 0) is 63.4 Å². The number of halogens is 2. The summed E-state index contributed by atoms with van der Waals surface area (Å²) in [6.45, 7) is 1.01. The molecule has 2 saturated heterocycles. The van der Waals surface area contributed by atoms with Gasteiger partial charge in [-0.25, -0.2) is 9.69 Å². The van der Waals surface area contributed by atoms with Gasteiger partial charge in [-0.15, -0.1) is 0 Å². The van der Waals surface area contributed by atoms with Gasteiger partial charge in [0, 0.05) is 0 Å². The van der Waals surface area contributed by atoms with Crippen molar-refractivity contribution in [3.8, 4) is 5.75 Å². The highest BCUT2D eigenvalue weighted by atomic mass is 19.3. The van der Waals surface area contributed by atoms with Gasteiger partial charge in [0.25, 0.3) is 5.91 Å². The maximum Gasteiger partial charge on any atom is 0.387 e. The minimum absolute atomic E-state index is 0.0944. The average molecular weight is 367 g/mol. The molecule has 2 heterocycles. The van der Waals surface area contributed by atoms with Gasteiger partial charge in [-0.2, -0.15) is 8.78 Å². The second-order valence-corrected chi connectivity index (χ2v) is 6.98. The molecule has 0 aromatic heterocycles. The number of hydrogen-bond donors (Lipinski definition) is 1. The number of nitrogens with one attached hydrogen (secondary N) is 1. The van der Waals surface area contributed by atoms with Crippen LogP contribution in [0.2, 0.25) is 0 Å². The van der Waals surface area contributed by atoms with E-state index in [2.05, 4.69) is 15.0 Å². The number of nitrogens with zero attached hydrogens (tertiary/aromatic N) is 2. The van der Waals surface area contributed by atoms with E-state index in [1.807, 2.05) is 0 Å². The van der Waals surface area contributed by atoms with Crippen LogP contribution in [0.25, 0.3) is 0 Å². The van der Waals surface area contributed by atoms with E-state index in [1.54, 1.807) is 19.1 Å². The highest BCUT2D eigenvalue weighted by Crippen LogP contribution is 2.25. The van der Waals surface area contributed by atoms with Gasteiger partial charge >= 0.3 is 12.6 Å². The van der Waals surface area contributed by atoms with Gasteiger partial charge in [0.15, 0.2) is 0 Å². The molecule has 2 fully saturated rings. The van der Waals surface area contributed by atoms with E-state index >= 15 is 0 Å². The number of amides is 3. The molecule has 6 nitrogen and oxygen atoms in total. The Bertz CT molecular complexity index is 662. The van der Waals surface area contributed by atoms with Crippen LogP contribution in [-0.2, 0) is 11.2 Å². The molecule has 3 amide bonds. The van der Waals surface area contributed by atoms with Crippen LogP contribution in [0, 0.1) is 0 Å². The Kier molecular flexibility index (Phi) is 5.41. The second-order valence-electron chi connectivity index (χ2n) is 6.98. The summed E-state index contributed by atoms with van der Waals surface area (Å²) in [5, 5.41) is 2.80. The van der Waals surface area contributed by atoms with Crippen molar-refractivity contribution in [3.05, 3.63) is 29.8 Å². The minimum atomic E-state index is -2.85. The molecule has 1 aromatic rings. The Morgan fingerprint density at radius 2 is 1.85 bits per heavy atom. The van der Waals surface area contributed by atoms with Gasteiger partial charge in [0.2, 0.25) is 0 Å². The third-order valence-electron chi connectivity index (χ3n) is 4.95. The van der Waals surface area contributed by atoms with Crippen LogP contribution in [0.3, 0.4) is 0 Å². The Labute approximate surface area is 151 Å². The third-order valence-corrected chi connectivity index (χ3v) is 4.95. The van der Waals surface area contributed by atoms with E-state index in [9.17, 15) is 18.4 Å². The van der Waals surface area contributed by atoms with Crippen LogP contribution in [-0.4, -0.2) is 53.6 Å². The van der Waals surface area contributed by atoms with Crippen molar-refractivity contribution in [2.45, 2.75) is 44.8 Å². The van der Waals surface area contributed by atoms with Crippen molar-refractivity contribution >= 4 is 11.9 Å². The van der Waals surface area contributed by atoms with E-state index in [4.69, 9.17) is 0 Å². The Balaban J connectivity index is 1.58. The van der Waals surface area contributed by atoms with Crippen molar-refractivity contribution in [1.29, 1.82) is 0 Å². The number of imide groups is 1. The lowest BCUT2D eigenvalue weighted by Gasteiger charge is -2.24. The second kappa shape index (κ2) is 7.57. The van der Waals surface area contributed by atoms with Crippen LogP contribution < -0.4 is 10.1 Å². The van der Waals surface area contributed by atoms with Gasteiger partial charge in [-0.1, -0.05) is 12.1 Å².